The van der Waals surface area contributed by atoms with Crippen LogP contribution < -0.4 is 0 Å². The summed E-state index contributed by atoms with van der Waals surface area (Å²) in [5, 5.41) is 0. The summed E-state index contributed by atoms with van der Waals surface area (Å²) < 4.78 is 11.6. The number of carbonyl (C=O) groups excluding carboxylic acids is 1. The fourth-order valence-corrected chi connectivity index (χ4v) is 0.0833. The first-order valence-electron chi connectivity index (χ1n) is 2.22. The molecule has 0 amide bonds. The Labute approximate surface area is 60.7 Å². The molecule has 0 aromatic heterocycles. The van der Waals surface area contributed by atoms with E-state index in [1.807, 2.05) is 0 Å². The molecule has 0 saturated heterocycles. The van der Waals surface area contributed by atoms with Gasteiger partial charge in [0, 0.05) is 6.08 Å². The summed E-state index contributed by atoms with van der Waals surface area (Å²) in [6.07, 6.45) is 1.11. The van der Waals surface area contributed by atoms with E-state index in [4.69, 9.17) is 4.65 Å². The molecule has 0 heterocycles. The summed E-state index contributed by atoms with van der Waals surface area (Å²) in [6.45, 7) is 13.7. The van der Waals surface area contributed by atoms with E-state index in [1.54, 1.807) is 0 Å². The van der Waals surface area contributed by atoms with Gasteiger partial charge in [-0.15, -0.1) is 13.2 Å². The van der Waals surface area contributed by atoms with Crippen LogP contribution in [0.25, 0.3) is 0 Å². The third kappa shape index (κ3) is 29.9. The predicted octanol–water partition coefficient (Wildman–Crippen LogP) is 1.11. The van der Waals surface area contributed by atoms with Crippen molar-refractivity contribution in [2.45, 2.75) is 0 Å². The van der Waals surface area contributed by atoms with Crippen LogP contribution in [0.3, 0.4) is 0 Å². The van der Waals surface area contributed by atoms with Crippen molar-refractivity contribution in [1.29, 1.82) is 0 Å². The van der Waals surface area contributed by atoms with Crippen molar-refractivity contribution in [1.82, 2.24) is 0 Å². The van der Waals surface area contributed by atoms with Gasteiger partial charge in [0.15, 0.2) is 0 Å². The van der Waals surface area contributed by atoms with E-state index in [9.17, 15) is 4.79 Å². The molecule has 0 aliphatic rings. The number of hydrogen-bond acceptors (Lipinski definition) is 2. The quantitative estimate of drug-likeness (QED) is 0.181. The topological polar surface area (TPSA) is 46.2 Å². The third-order valence-corrected chi connectivity index (χ3v) is 0.368. The number of rotatable bonds is 1. The van der Waals surface area contributed by atoms with Gasteiger partial charge in [0.1, 0.15) is 0 Å². The van der Waals surface area contributed by atoms with E-state index in [-0.39, 0.29) is 0 Å². The van der Waals surface area contributed by atoms with Crippen LogP contribution in [0.4, 0.5) is 0 Å². The fourth-order valence-electron chi connectivity index (χ4n) is 0.0833. The monoisotopic (exact) mass is 142 g/mol. The van der Waals surface area contributed by atoms with Crippen molar-refractivity contribution in [3.05, 3.63) is 32.5 Å². The Hall–Kier alpha value is -1.31. The van der Waals surface area contributed by atoms with Gasteiger partial charge in [-0.1, -0.05) is 6.58 Å². The number of ether oxygens (including phenoxy) is 1. The average molecular weight is 142 g/mol. The van der Waals surface area contributed by atoms with Gasteiger partial charge in [0.2, 0.25) is 0 Å². The SMILES string of the molecule is C=C.C=CC(=O)OC.[C-]#[O+]. The van der Waals surface area contributed by atoms with Crippen molar-refractivity contribution in [3.63, 3.8) is 0 Å². The van der Waals surface area contributed by atoms with Crippen molar-refractivity contribution in [3.8, 4) is 0 Å². The van der Waals surface area contributed by atoms with Crippen molar-refractivity contribution in [2.75, 3.05) is 7.11 Å². The van der Waals surface area contributed by atoms with Gasteiger partial charge < -0.3 is 4.74 Å². The van der Waals surface area contributed by atoms with Crippen LogP contribution >= 0.6 is 0 Å². The Morgan fingerprint density at radius 1 is 1.60 bits per heavy atom. The van der Waals surface area contributed by atoms with Gasteiger partial charge in [-0.25, -0.2) is 4.79 Å². The minimum atomic E-state index is -0.394. The minimum absolute atomic E-state index is 0.394. The maximum absolute atomic E-state index is 9.84. The molecule has 0 radical (unpaired) electrons. The third-order valence-electron chi connectivity index (χ3n) is 0.368. The second-order valence-corrected chi connectivity index (χ2v) is 0.727. The molecule has 0 spiro atoms. The van der Waals surface area contributed by atoms with Gasteiger partial charge in [-0.3, -0.25) is 0 Å². The molecular formula is C7H10O3. The molecule has 10 heavy (non-hydrogen) atoms. The molecule has 0 unspecified atom stereocenters. The molecule has 0 atom stereocenters. The average Bonchev–Trinajstić information content (AvgIpc) is 2.10. The van der Waals surface area contributed by atoms with Crippen LogP contribution in [-0.4, -0.2) is 13.1 Å². The summed E-state index contributed by atoms with van der Waals surface area (Å²) >= 11 is 0. The number of methoxy groups -OCH3 is 1. The fraction of sp³-hybridized carbons (Fsp3) is 0.143. The molecule has 0 N–H and O–H groups in total. The van der Waals surface area contributed by atoms with Gasteiger partial charge in [0.25, 0.3) is 0 Å². The number of esters is 1. The summed E-state index contributed by atoms with van der Waals surface area (Å²) in [5.74, 6) is -0.394. The van der Waals surface area contributed by atoms with E-state index in [2.05, 4.69) is 31.1 Å². The van der Waals surface area contributed by atoms with Gasteiger partial charge in [-0.2, -0.15) is 0 Å². The second kappa shape index (κ2) is 25.3. The molecule has 56 valence electrons. The van der Waals surface area contributed by atoms with E-state index in [0.717, 1.165) is 6.08 Å². The number of hydrogen-bond donors (Lipinski definition) is 0. The molecule has 0 rings (SSSR count). The molecule has 0 aliphatic heterocycles. The van der Waals surface area contributed by atoms with Crippen LogP contribution in [0.15, 0.2) is 25.8 Å². The second-order valence-electron chi connectivity index (χ2n) is 0.727. The molecule has 3 nitrogen and oxygen atoms in total. The van der Waals surface area contributed by atoms with Crippen LogP contribution in [0.5, 0.6) is 0 Å². The van der Waals surface area contributed by atoms with Gasteiger partial charge in [-0.05, 0) is 0 Å². The summed E-state index contributed by atoms with van der Waals surface area (Å²) in [7, 11) is 1.31. The predicted molar refractivity (Wildman–Crippen MR) is 37.4 cm³/mol. The van der Waals surface area contributed by atoms with E-state index in [1.165, 1.54) is 7.11 Å². The first-order valence-corrected chi connectivity index (χ1v) is 2.22. The summed E-state index contributed by atoms with van der Waals surface area (Å²) in [5.41, 5.74) is 0. The number of carbonyl (C=O) groups is 1. The summed E-state index contributed by atoms with van der Waals surface area (Å²) in [6, 6.07) is 0. The standard InChI is InChI=1S/C4H6O2.C2H4.CO/c1-3-4(5)6-2;2*1-2/h3H,1H2,2H3;1-2H2;. The Bertz CT molecular complexity index is 105. The summed E-state index contributed by atoms with van der Waals surface area (Å²) in [4.78, 5) is 9.84. The van der Waals surface area contributed by atoms with E-state index in [0.29, 0.717) is 0 Å². The van der Waals surface area contributed by atoms with Crippen LogP contribution in [0.2, 0.25) is 0 Å². The van der Waals surface area contributed by atoms with Crippen molar-refractivity contribution >= 4 is 5.97 Å². The Balaban J connectivity index is -0.000000105. The first-order chi connectivity index (χ1) is 4.81. The first kappa shape index (κ1) is 15.9. The van der Waals surface area contributed by atoms with E-state index >= 15 is 0 Å². The molecule has 0 bridgehead atoms. The normalized spacial score (nSPS) is 4.70. The van der Waals surface area contributed by atoms with Gasteiger partial charge in [0.05, 0.1) is 7.11 Å². The molecule has 0 aromatic carbocycles. The maximum atomic E-state index is 9.84. The zero-order chi connectivity index (χ0) is 8.99. The van der Waals surface area contributed by atoms with E-state index < -0.39 is 5.97 Å². The van der Waals surface area contributed by atoms with Crippen LogP contribution in [-0.2, 0) is 14.2 Å². The Morgan fingerprint density at radius 2 is 1.90 bits per heavy atom. The van der Waals surface area contributed by atoms with Crippen LogP contribution in [0, 0.1) is 6.65 Å². The zero-order valence-corrected chi connectivity index (χ0v) is 5.92. The van der Waals surface area contributed by atoms with Crippen molar-refractivity contribution < 1.29 is 14.2 Å². The molecular weight excluding hydrogens is 132 g/mol. The molecule has 0 aromatic rings. The Kier molecular flexibility index (Phi) is 40.1. The zero-order valence-electron chi connectivity index (χ0n) is 5.92. The van der Waals surface area contributed by atoms with Crippen LogP contribution in [0.1, 0.15) is 0 Å². The Morgan fingerprint density at radius 3 is 1.90 bits per heavy atom. The van der Waals surface area contributed by atoms with Gasteiger partial charge >= 0.3 is 17.3 Å². The van der Waals surface area contributed by atoms with Crippen molar-refractivity contribution in [2.24, 2.45) is 0 Å². The molecule has 0 fully saturated rings. The molecule has 0 saturated carbocycles. The molecule has 3 heteroatoms. The molecule has 0 aliphatic carbocycles.